The van der Waals surface area contributed by atoms with Crippen LogP contribution in [0.25, 0.3) is 0 Å². The Labute approximate surface area is 94.9 Å². The van der Waals surface area contributed by atoms with E-state index in [2.05, 4.69) is 24.3 Å². The van der Waals surface area contributed by atoms with Crippen LogP contribution in [0.4, 0.5) is 0 Å². The molecule has 1 aromatic rings. The summed E-state index contributed by atoms with van der Waals surface area (Å²) in [6, 6.07) is 10.4. The Kier molecular flexibility index (Phi) is 2.28. The lowest BCUT2D eigenvalue weighted by atomic mass is 9.81. The van der Waals surface area contributed by atoms with E-state index in [0.717, 1.165) is 18.8 Å². The van der Waals surface area contributed by atoms with Crippen molar-refractivity contribution in [3.05, 3.63) is 47.7 Å². The van der Waals surface area contributed by atoms with Gasteiger partial charge in [-0.3, -0.25) is 4.79 Å². The first-order chi connectivity index (χ1) is 7.84. The van der Waals surface area contributed by atoms with E-state index in [4.69, 9.17) is 4.74 Å². The molecule has 0 saturated carbocycles. The second-order valence-corrected chi connectivity index (χ2v) is 4.48. The number of allylic oxidation sites excluding steroid dienone is 2. The van der Waals surface area contributed by atoms with Crippen LogP contribution < -0.4 is 0 Å². The van der Waals surface area contributed by atoms with Gasteiger partial charge in [-0.15, -0.1) is 0 Å². The zero-order valence-corrected chi connectivity index (χ0v) is 9.06. The van der Waals surface area contributed by atoms with E-state index in [1.54, 1.807) is 6.08 Å². The van der Waals surface area contributed by atoms with Crippen molar-refractivity contribution in [2.24, 2.45) is 5.92 Å². The highest BCUT2D eigenvalue weighted by molar-refractivity contribution is 5.93. The predicted molar refractivity (Wildman–Crippen MR) is 60.9 cm³/mol. The van der Waals surface area contributed by atoms with Crippen molar-refractivity contribution in [1.29, 1.82) is 0 Å². The first kappa shape index (κ1) is 9.64. The third-order valence-electron chi connectivity index (χ3n) is 3.50. The Bertz CT molecular complexity index is 433. The molecule has 0 spiro atoms. The molecule has 0 N–H and O–H groups in total. The number of hydrogen-bond donors (Lipinski definition) is 0. The van der Waals surface area contributed by atoms with Gasteiger partial charge in [-0.25, -0.2) is 0 Å². The highest BCUT2D eigenvalue weighted by Gasteiger charge is 2.36. The Balaban J connectivity index is 1.92. The second-order valence-electron chi connectivity index (χ2n) is 4.48. The van der Waals surface area contributed by atoms with E-state index < -0.39 is 0 Å². The van der Waals surface area contributed by atoms with Crippen molar-refractivity contribution in [3.8, 4) is 0 Å². The van der Waals surface area contributed by atoms with Gasteiger partial charge in [0.15, 0.2) is 5.78 Å². The maximum Gasteiger partial charge on any atom is 0.159 e. The van der Waals surface area contributed by atoms with Gasteiger partial charge in [-0.05, 0) is 17.9 Å². The van der Waals surface area contributed by atoms with Crippen LogP contribution in [0.5, 0.6) is 0 Å². The zero-order chi connectivity index (χ0) is 11.0. The molecule has 16 heavy (non-hydrogen) atoms. The fourth-order valence-electron chi connectivity index (χ4n) is 2.74. The van der Waals surface area contributed by atoms with Crippen LogP contribution in [0.3, 0.4) is 0 Å². The first-order valence-electron chi connectivity index (χ1n) is 5.77. The van der Waals surface area contributed by atoms with Gasteiger partial charge in [-0.2, -0.15) is 0 Å². The number of carbonyl (C=O) groups is 1. The van der Waals surface area contributed by atoms with Crippen molar-refractivity contribution >= 4 is 5.78 Å². The van der Waals surface area contributed by atoms with Crippen LogP contribution in [0.2, 0.25) is 0 Å². The lowest BCUT2D eigenvalue weighted by Gasteiger charge is -2.30. The summed E-state index contributed by atoms with van der Waals surface area (Å²) in [5, 5.41) is 0. The maximum atomic E-state index is 11.4. The van der Waals surface area contributed by atoms with Gasteiger partial charge in [0.2, 0.25) is 0 Å². The molecule has 2 atom stereocenters. The molecule has 0 aromatic heterocycles. The maximum absolute atomic E-state index is 11.4. The number of fused-ring (bicyclic) bond motifs is 1. The van der Waals surface area contributed by atoms with E-state index in [-0.39, 0.29) is 11.7 Å². The van der Waals surface area contributed by atoms with E-state index in [1.165, 1.54) is 5.56 Å². The minimum absolute atomic E-state index is 0.211. The summed E-state index contributed by atoms with van der Waals surface area (Å²) in [7, 11) is 0. The van der Waals surface area contributed by atoms with Crippen molar-refractivity contribution in [1.82, 2.24) is 0 Å². The topological polar surface area (TPSA) is 26.3 Å². The highest BCUT2D eigenvalue weighted by atomic mass is 16.5. The zero-order valence-electron chi connectivity index (χ0n) is 9.06. The van der Waals surface area contributed by atoms with Crippen molar-refractivity contribution in [2.45, 2.75) is 18.8 Å². The second kappa shape index (κ2) is 3.78. The molecule has 2 nitrogen and oxygen atoms in total. The number of benzene rings is 1. The molecular formula is C14H14O2. The van der Waals surface area contributed by atoms with Gasteiger partial charge in [0.1, 0.15) is 5.76 Å². The molecule has 1 aliphatic heterocycles. The molecule has 1 saturated heterocycles. The van der Waals surface area contributed by atoms with Crippen LogP contribution in [-0.2, 0) is 9.53 Å². The van der Waals surface area contributed by atoms with Gasteiger partial charge < -0.3 is 4.74 Å². The average molecular weight is 214 g/mol. The molecule has 0 amide bonds. The van der Waals surface area contributed by atoms with Crippen LogP contribution in [0.15, 0.2) is 42.2 Å². The van der Waals surface area contributed by atoms with Crippen LogP contribution in [0, 0.1) is 5.92 Å². The number of carbonyl (C=O) groups excluding carboxylic acids is 1. The summed E-state index contributed by atoms with van der Waals surface area (Å²) in [6.07, 6.45) is 3.31. The molecule has 0 radical (unpaired) electrons. The lowest BCUT2D eigenvalue weighted by Crippen LogP contribution is -2.22. The van der Waals surface area contributed by atoms with E-state index in [1.807, 2.05) is 6.07 Å². The molecule has 3 rings (SSSR count). The Morgan fingerprint density at radius 3 is 2.75 bits per heavy atom. The lowest BCUT2D eigenvalue weighted by molar-refractivity contribution is -0.114. The number of ketones is 1. The van der Waals surface area contributed by atoms with Crippen molar-refractivity contribution in [3.63, 3.8) is 0 Å². The summed E-state index contributed by atoms with van der Waals surface area (Å²) >= 11 is 0. The van der Waals surface area contributed by atoms with Gasteiger partial charge in [0, 0.05) is 18.4 Å². The first-order valence-corrected chi connectivity index (χ1v) is 5.77. The molecule has 1 fully saturated rings. The molecule has 0 unspecified atom stereocenters. The third kappa shape index (κ3) is 1.54. The molecule has 1 aliphatic carbocycles. The summed E-state index contributed by atoms with van der Waals surface area (Å²) in [5.74, 6) is 1.85. The smallest absolute Gasteiger partial charge is 0.159 e. The highest BCUT2D eigenvalue weighted by Crippen LogP contribution is 2.42. The van der Waals surface area contributed by atoms with Gasteiger partial charge >= 0.3 is 0 Å². The van der Waals surface area contributed by atoms with Crippen LogP contribution >= 0.6 is 0 Å². The largest absolute Gasteiger partial charge is 0.497 e. The molecule has 1 aromatic carbocycles. The minimum Gasteiger partial charge on any atom is -0.497 e. The van der Waals surface area contributed by atoms with Gasteiger partial charge in [0.25, 0.3) is 0 Å². The van der Waals surface area contributed by atoms with E-state index >= 15 is 0 Å². The van der Waals surface area contributed by atoms with Crippen LogP contribution in [0.1, 0.15) is 24.3 Å². The molecular weight excluding hydrogens is 200 g/mol. The fraction of sp³-hybridized carbons (Fsp3) is 0.357. The summed E-state index contributed by atoms with van der Waals surface area (Å²) < 4.78 is 5.56. The molecule has 0 bridgehead atoms. The molecule has 82 valence electrons. The fourth-order valence-corrected chi connectivity index (χ4v) is 2.74. The van der Waals surface area contributed by atoms with E-state index in [0.29, 0.717) is 12.3 Å². The summed E-state index contributed by atoms with van der Waals surface area (Å²) in [6.45, 7) is 0.731. The SMILES string of the molecule is O=C1C=C2OCC[C@@H](c3ccccc3)[C@@H]2C1. The molecule has 1 heterocycles. The normalized spacial score (nSPS) is 28.2. The third-order valence-corrected chi connectivity index (χ3v) is 3.50. The number of ether oxygens (including phenoxy) is 1. The molecule has 2 aliphatic rings. The van der Waals surface area contributed by atoms with Crippen molar-refractivity contribution < 1.29 is 9.53 Å². The Morgan fingerprint density at radius 2 is 1.94 bits per heavy atom. The Morgan fingerprint density at radius 1 is 1.12 bits per heavy atom. The van der Waals surface area contributed by atoms with Crippen LogP contribution in [-0.4, -0.2) is 12.4 Å². The standard InChI is InChI=1S/C14H14O2/c15-11-8-13-12(6-7-16-14(13)9-11)10-4-2-1-3-5-10/h1-5,9,12-13H,6-8H2/t12-,13-/m0/s1. The van der Waals surface area contributed by atoms with Gasteiger partial charge in [0.05, 0.1) is 6.61 Å². The summed E-state index contributed by atoms with van der Waals surface area (Å²) in [4.78, 5) is 11.4. The average Bonchev–Trinajstić information content (AvgIpc) is 2.70. The minimum atomic E-state index is 0.211. The predicted octanol–water partition coefficient (Wildman–Crippen LogP) is 2.66. The Hall–Kier alpha value is -1.57. The van der Waals surface area contributed by atoms with Gasteiger partial charge in [-0.1, -0.05) is 30.3 Å². The quantitative estimate of drug-likeness (QED) is 0.718. The number of rotatable bonds is 1. The summed E-state index contributed by atoms with van der Waals surface area (Å²) in [5.41, 5.74) is 1.33. The van der Waals surface area contributed by atoms with Crippen molar-refractivity contribution in [2.75, 3.05) is 6.61 Å². The van der Waals surface area contributed by atoms with E-state index in [9.17, 15) is 4.79 Å². The monoisotopic (exact) mass is 214 g/mol. The number of hydrogen-bond acceptors (Lipinski definition) is 2. The molecule has 2 heteroatoms.